The SMILES string of the molecule is Cc1cc(C(=O)NC2CCNCC2C)ccc1F.Cl. The third kappa shape index (κ3) is 3.91. The van der Waals surface area contributed by atoms with Gasteiger partial charge in [0.05, 0.1) is 0 Å². The predicted molar refractivity (Wildman–Crippen MR) is 76.3 cm³/mol. The van der Waals surface area contributed by atoms with Crippen LogP contribution in [0.15, 0.2) is 18.2 Å². The Hall–Kier alpha value is -1.13. The molecule has 1 aliphatic rings. The predicted octanol–water partition coefficient (Wildman–Crippen LogP) is 2.28. The van der Waals surface area contributed by atoms with E-state index in [1.54, 1.807) is 13.0 Å². The van der Waals surface area contributed by atoms with E-state index >= 15 is 0 Å². The minimum absolute atomic E-state index is 0. The van der Waals surface area contributed by atoms with Gasteiger partial charge in [0, 0.05) is 11.6 Å². The number of piperidine rings is 1. The number of amides is 1. The summed E-state index contributed by atoms with van der Waals surface area (Å²) >= 11 is 0. The monoisotopic (exact) mass is 286 g/mol. The van der Waals surface area contributed by atoms with Gasteiger partial charge in [-0.1, -0.05) is 6.92 Å². The van der Waals surface area contributed by atoms with Gasteiger partial charge in [0.15, 0.2) is 0 Å². The highest BCUT2D eigenvalue weighted by atomic mass is 35.5. The molecular formula is C14H20ClFN2O. The van der Waals surface area contributed by atoms with Gasteiger partial charge in [0.1, 0.15) is 5.82 Å². The molecule has 1 fully saturated rings. The van der Waals surface area contributed by atoms with Gasteiger partial charge in [-0.25, -0.2) is 4.39 Å². The number of rotatable bonds is 2. The number of carbonyl (C=O) groups excluding carboxylic acids is 1. The summed E-state index contributed by atoms with van der Waals surface area (Å²) in [5, 5.41) is 6.32. The Kier molecular flexibility index (Phi) is 5.76. The van der Waals surface area contributed by atoms with Crippen molar-refractivity contribution in [1.29, 1.82) is 0 Å². The molecule has 0 saturated carbocycles. The zero-order valence-corrected chi connectivity index (χ0v) is 12.0. The lowest BCUT2D eigenvalue weighted by Crippen LogP contribution is -2.48. The first-order valence-corrected chi connectivity index (χ1v) is 6.35. The van der Waals surface area contributed by atoms with Crippen LogP contribution in [0.3, 0.4) is 0 Å². The lowest BCUT2D eigenvalue weighted by atomic mass is 9.95. The maximum absolute atomic E-state index is 13.1. The number of aryl methyl sites for hydroxylation is 1. The molecule has 2 N–H and O–H groups in total. The molecule has 0 aliphatic carbocycles. The van der Waals surface area contributed by atoms with Crippen LogP contribution in [-0.2, 0) is 0 Å². The molecule has 0 radical (unpaired) electrons. The van der Waals surface area contributed by atoms with Crippen LogP contribution in [0.5, 0.6) is 0 Å². The van der Waals surface area contributed by atoms with Crippen molar-refractivity contribution in [3.63, 3.8) is 0 Å². The van der Waals surface area contributed by atoms with Crippen LogP contribution >= 0.6 is 12.4 Å². The highest BCUT2D eigenvalue weighted by molar-refractivity contribution is 5.94. The minimum atomic E-state index is -0.276. The molecule has 5 heteroatoms. The largest absolute Gasteiger partial charge is 0.349 e. The zero-order valence-electron chi connectivity index (χ0n) is 11.2. The summed E-state index contributed by atoms with van der Waals surface area (Å²) < 4.78 is 13.1. The van der Waals surface area contributed by atoms with Gasteiger partial charge < -0.3 is 10.6 Å². The molecule has 2 unspecified atom stereocenters. The maximum Gasteiger partial charge on any atom is 0.251 e. The molecule has 1 saturated heterocycles. The fraction of sp³-hybridized carbons (Fsp3) is 0.500. The third-order valence-corrected chi connectivity index (χ3v) is 3.52. The Morgan fingerprint density at radius 3 is 2.84 bits per heavy atom. The van der Waals surface area contributed by atoms with Crippen molar-refractivity contribution in [1.82, 2.24) is 10.6 Å². The maximum atomic E-state index is 13.1. The van der Waals surface area contributed by atoms with E-state index in [0.29, 0.717) is 17.0 Å². The van der Waals surface area contributed by atoms with Crippen molar-refractivity contribution in [2.24, 2.45) is 5.92 Å². The molecular weight excluding hydrogens is 267 g/mol. The van der Waals surface area contributed by atoms with Crippen molar-refractivity contribution in [3.8, 4) is 0 Å². The first-order chi connectivity index (χ1) is 8.58. The van der Waals surface area contributed by atoms with Crippen molar-refractivity contribution in [2.75, 3.05) is 13.1 Å². The van der Waals surface area contributed by atoms with E-state index in [4.69, 9.17) is 0 Å². The molecule has 0 bridgehead atoms. The van der Waals surface area contributed by atoms with Crippen molar-refractivity contribution >= 4 is 18.3 Å². The summed E-state index contributed by atoms with van der Waals surface area (Å²) in [6.07, 6.45) is 0.938. The number of carbonyl (C=O) groups is 1. The second-order valence-electron chi connectivity index (χ2n) is 5.01. The van der Waals surface area contributed by atoms with Gasteiger partial charge in [-0.2, -0.15) is 0 Å². The molecule has 0 spiro atoms. The average Bonchev–Trinajstić information content (AvgIpc) is 2.35. The van der Waals surface area contributed by atoms with Gasteiger partial charge >= 0.3 is 0 Å². The molecule has 106 valence electrons. The summed E-state index contributed by atoms with van der Waals surface area (Å²) in [5.74, 6) is 0.0304. The Balaban J connectivity index is 0.00000180. The number of benzene rings is 1. The Morgan fingerprint density at radius 2 is 2.21 bits per heavy atom. The fourth-order valence-corrected chi connectivity index (χ4v) is 2.27. The first-order valence-electron chi connectivity index (χ1n) is 6.35. The van der Waals surface area contributed by atoms with Gasteiger partial charge in [0.2, 0.25) is 0 Å². The van der Waals surface area contributed by atoms with Crippen molar-refractivity contribution in [3.05, 3.63) is 35.1 Å². The molecule has 1 heterocycles. The highest BCUT2D eigenvalue weighted by Gasteiger charge is 2.23. The quantitative estimate of drug-likeness (QED) is 0.876. The minimum Gasteiger partial charge on any atom is -0.349 e. The van der Waals surface area contributed by atoms with Crippen LogP contribution in [0.25, 0.3) is 0 Å². The normalized spacial score (nSPS) is 22.5. The van der Waals surface area contributed by atoms with Gasteiger partial charge in [0.25, 0.3) is 5.91 Å². The fourth-order valence-electron chi connectivity index (χ4n) is 2.27. The number of hydrogen-bond donors (Lipinski definition) is 2. The van der Waals surface area contributed by atoms with Crippen LogP contribution in [0.2, 0.25) is 0 Å². The van der Waals surface area contributed by atoms with Gasteiger partial charge in [-0.15, -0.1) is 12.4 Å². The summed E-state index contributed by atoms with van der Waals surface area (Å²) in [6.45, 7) is 5.64. The van der Waals surface area contributed by atoms with Crippen LogP contribution in [0.1, 0.15) is 29.3 Å². The van der Waals surface area contributed by atoms with Crippen LogP contribution in [-0.4, -0.2) is 25.0 Å². The van der Waals surface area contributed by atoms with Crippen LogP contribution in [0, 0.1) is 18.7 Å². The Morgan fingerprint density at radius 1 is 1.47 bits per heavy atom. The van der Waals surface area contributed by atoms with Crippen LogP contribution in [0.4, 0.5) is 4.39 Å². The standard InChI is InChI=1S/C14H19FN2O.ClH/c1-9-7-11(3-4-12(9)15)14(18)17-13-5-6-16-8-10(13)2;/h3-4,7,10,13,16H,5-6,8H2,1-2H3,(H,17,18);1H. The molecule has 3 nitrogen and oxygen atoms in total. The molecule has 1 aliphatic heterocycles. The lowest BCUT2D eigenvalue weighted by Gasteiger charge is -2.30. The summed E-state index contributed by atoms with van der Waals surface area (Å²) in [4.78, 5) is 12.1. The Labute approximate surface area is 119 Å². The smallest absolute Gasteiger partial charge is 0.251 e. The van der Waals surface area contributed by atoms with Crippen LogP contribution < -0.4 is 10.6 Å². The van der Waals surface area contributed by atoms with E-state index in [1.807, 2.05) is 0 Å². The molecule has 0 aromatic heterocycles. The van der Waals surface area contributed by atoms with Crippen molar-refractivity contribution in [2.45, 2.75) is 26.3 Å². The zero-order chi connectivity index (χ0) is 13.1. The van der Waals surface area contributed by atoms with E-state index in [1.165, 1.54) is 12.1 Å². The second-order valence-corrected chi connectivity index (χ2v) is 5.01. The number of halogens is 2. The molecule has 2 atom stereocenters. The second kappa shape index (κ2) is 6.87. The molecule has 1 aromatic rings. The molecule has 19 heavy (non-hydrogen) atoms. The number of nitrogens with one attached hydrogen (secondary N) is 2. The molecule has 1 amide bonds. The van der Waals surface area contributed by atoms with E-state index in [0.717, 1.165) is 19.5 Å². The first kappa shape index (κ1) is 15.9. The summed E-state index contributed by atoms with van der Waals surface area (Å²) in [7, 11) is 0. The topological polar surface area (TPSA) is 41.1 Å². The molecule has 1 aromatic carbocycles. The lowest BCUT2D eigenvalue weighted by molar-refractivity contribution is 0.0914. The van der Waals surface area contributed by atoms with Gasteiger partial charge in [-0.05, 0) is 56.1 Å². The van der Waals surface area contributed by atoms with Crippen molar-refractivity contribution < 1.29 is 9.18 Å². The van der Waals surface area contributed by atoms with E-state index < -0.39 is 0 Å². The molecule has 2 rings (SSSR count). The van der Waals surface area contributed by atoms with E-state index in [-0.39, 0.29) is 30.2 Å². The van der Waals surface area contributed by atoms with E-state index in [2.05, 4.69) is 17.6 Å². The highest BCUT2D eigenvalue weighted by Crippen LogP contribution is 2.13. The average molecular weight is 287 g/mol. The van der Waals surface area contributed by atoms with Gasteiger partial charge in [-0.3, -0.25) is 4.79 Å². The Bertz CT molecular complexity index is 453. The number of hydrogen-bond acceptors (Lipinski definition) is 2. The summed E-state index contributed by atoms with van der Waals surface area (Å²) in [5.41, 5.74) is 1.03. The summed E-state index contributed by atoms with van der Waals surface area (Å²) in [6, 6.07) is 4.67. The third-order valence-electron chi connectivity index (χ3n) is 3.52. The van der Waals surface area contributed by atoms with E-state index in [9.17, 15) is 9.18 Å².